The van der Waals surface area contributed by atoms with Gasteiger partial charge in [0.2, 0.25) is 12.2 Å². The molecule has 0 amide bonds. The number of aliphatic carboxylic acids is 1. The molecule has 6 heteroatoms. The fourth-order valence-electron chi connectivity index (χ4n) is 0.706. The molecule has 0 saturated carbocycles. The van der Waals surface area contributed by atoms with Crippen LogP contribution in [0.4, 0.5) is 0 Å². The van der Waals surface area contributed by atoms with Crippen LogP contribution in [0, 0.1) is 5.92 Å². The van der Waals surface area contributed by atoms with Crippen molar-refractivity contribution in [3.8, 4) is 0 Å². The van der Waals surface area contributed by atoms with Gasteiger partial charge in [-0.3, -0.25) is 4.79 Å². The maximum Gasteiger partial charge on any atom is 0.308 e. The van der Waals surface area contributed by atoms with E-state index >= 15 is 0 Å². The standard InChI is InChI=1S/C7H8N2O4/c10-4-8-2-1-6(7(12)13)3-9-5-11/h6H,1-3H2,(H,12,13). The summed E-state index contributed by atoms with van der Waals surface area (Å²) in [6.07, 6.45) is 2.70. The Morgan fingerprint density at radius 2 is 1.92 bits per heavy atom. The molecule has 0 aromatic rings. The summed E-state index contributed by atoms with van der Waals surface area (Å²) in [6, 6.07) is 0. The predicted octanol–water partition coefficient (Wildman–Crippen LogP) is -0.251. The summed E-state index contributed by atoms with van der Waals surface area (Å²) in [5, 5.41) is 8.57. The lowest BCUT2D eigenvalue weighted by Gasteiger charge is -2.04. The Morgan fingerprint density at radius 1 is 1.31 bits per heavy atom. The number of rotatable bonds is 6. The second kappa shape index (κ2) is 6.91. The van der Waals surface area contributed by atoms with Crippen molar-refractivity contribution in [1.82, 2.24) is 0 Å². The summed E-state index contributed by atoms with van der Waals surface area (Å²) in [5.74, 6) is -1.86. The second-order valence-corrected chi connectivity index (χ2v) is 2.23. The van der Waals surface area contributed by atoms with Gasteiger partial charge in [0.15, 0.2) is 0 Å². The third kappa shape index (κ3) is 5.49. The molecule has 0 rings (SSSR count). The average molecular weight is 184 g/mol. The van der Waals surface area contributed by atoms with Crippen LogP contribution in [-0.4, -0.2) is 36.3 Å². The van der Waals surface area contributed by atoms with Gasteiger partial charge in [0.25, 0.3) is 0 Å². The number of carbonyl (C=O) groups is 1. The molecule has 0 heterocycles. The SMILES string of the molecule is O=C=NCCC(CN=C=O)C(=O)O. The fraction of sp³-hybridized carbons (Fsp3) is 0.571. The number of nitrogens with zero attached hydrogens (tertiary/aromatic N) is 2. The minimum Gasteiger partial charge on any atom is -0.481 e. The number of aliphatic imine (C=N–C) groups is 2. The van der Waals surface area contributed by atoms with Crippen LogP contribution >= 0.6 is 0 Å². The molecule has 1 N–H and O–H groups in total. The maximum atomic E-state index is 10.5. The minimum absolute atomic E-state index is 0.0782. The van der Waals surface area contributed by atoms with Crippen molar-refractivity contribution in [2.45, 2.75) is 6.42 Å². The third-order valence-electron chi connectivity index (χ3n) is 1.38. The Labute approximate surface area is 74.0 Å². The highest BCUT2D eigenvalue weighted by atomic mass is 16.4. The van der Waals surface area contributed by atoms with Crippen molar-refractivity contribution in [2.24, 2.45) is 15.9 Å². The van der Waals surface area contributed by atoms with E-state index in [0.29, 0.717) is 0 Å². The van der Waals surface area contributed by atoms with Crippen LogP contribution in [-0.2, 0) is 14.4 Å². The van der Waals surface area contributed by atoms with Crippen molar-refractivity contribution in [2.75, 3.05) is 13.1 Å². The van der Waals surface area contributed by atoms with Gasteiger partial charge in [-0.25, -0.2) is 19.6 Å². The van der Waals surface area contributed by atoms with Crippen molar-refractivity contribution >= 4 is 18.1 Å². The van der Waals surface area contributed by atoms with Crippen LogP contribution in [0.5, 0.6) is 0 Å². The molecule has 0 aromatic heterocycles. The molecule has 0 aliphatic rings. The lowest BCUT2D eigenvalue weighted by Crippen LogP contribution is -2.17. The van der Waals surface area contributed by atoms with Crippen LogP contribution in [0.1, 0.15) is 6.42 Å². The van der Waals surface area contributed by atoms with E-state index in [4.69, 9.17) is 5.11 Å². The second-order valence-electron chi connectivity index (χ2n) is 2.23. The quantitative estimate of drug-likeness (QED) is 0.454. The molecule has 0 bridgehead atoms. The Bertz CT molecular complexity index is 264. The van der Waals surface area contributed by atoms with Crippen molar-refractivity contribution in [3.05, 3.63) is 0 Å². The largest absolute Gasteiger partial charge is 0.481 e. The van der Waals surface area contributed by atoms with Gasteiger partial charge >= 0.3 is 5.97 Å². The first-order valence-electron chi connectivity index (χ1n) is 3.52. The number of carbonyl (C=O) groups excluding carboxylic acids is 2. The molecular weight excluding hydrogens is 176 g/mol. The van der Waals surface area contributed by atoms with Gasteiger partial charge in [-0.05, 0) is 6.42 Å². The van der Waals surface area contributed by atoms with Crippen LogP contribution < -0.4 is 0 Å². The van der Waals surface area contributed by atoms with E-state index in [2.05, 4.69) is 9.98 Å². The van der Waals surface area contributed by atoms with Gasteiger partial charge in [0.1, 0.15) is 0 Å². The van der Waals surface area contributed by atoms with Gasteiger partial charge in [-0.15, -0.1) is 0 Å². The number of carboxylic acid groups (broad SMARTS) is 1. The zero-order valence-corrected chi connectivity index (χ0v) is 6.77. The fourth-order valence-corrected chi connectivity index (χ4v) is 0.706. The molecule has 0 spiro atoms. The van der Waals surface area contributed by atoms with E-state index in [1.54, 1.807) is 0 Å². The predicted molar refractivity (Wildman–Crippen MR) is 41.7 cm³/mol. The topological polar surface area (TPSA) is 96.2 Å². The molecule has 1 unspecified atom stereocenters. The van der Waals surface area contributed by atoms with Crippen LogP contribution in [0.3, 0.4) is 0 Å². The highest BCUT2D eigenvalue weighted by molar-refractivity contribution is 5.70. The molecule has 0 saturated heterocycles. The Kier molecular flexibility index (Phi) is 5.97. The van der Waals surface area contributed by atoms with E-state index in [1.165, 1.54) is 12.2 Å². The lowest BCUT2D eigenvalue weighted by molar-refractivity contribution is -0.141. The van der Waals surface area contributed by atoms with Gasteiger partial charge in [0, 0.05) is 0 Å². The van der Waals surface area contributed by atoms with E-state index < -0.39 is 11.9 Å². The zero-order valence-electron chi connectivity index (χ0n) is 6.77. The summed E-state index contributed by atoms with van der Waals surface area (Å²) in [7, 11) is 0. The summed E-state index contributed by atoms with van der Waals surface area (Å²) in [6.45, 7) is -0.0535. The highest BCUT2D eigenvalue weighted by Gasteiger charge is 2.15. The van der Waals surface area contributed by atoms with Crippen molar-refractivity contribution in [3.63, 3.8) is 0 Å². The van der Waals surface area contributed by atoms with E-state index in [1.807, 2.05) is 0 Å². The van der Waals surface area contributed by atoms with E-state index in [0.717, 1.165) is 0 Å². The number of hydrogen-bond acceptors (Lipinski definition) is 5. The molecule has 0 aliphatic carbocycles. The molecule has 0 aromatic carbocycles. The number of carboxylic acids is 1. The maximum absolute atomic E-state index is 10.5. The summed E-state index contributed by atoms with van der Waals surface area (Å²) < 4.78 is 0. The Balaban J connectivity index is 4.01. The van der Waals surface area contributed by atoms with Gasteiger partial charge in [-0.2, -0.15) is 0 Å². The van der Waals surface area contributed by atoms with Crippen molar-refractivity contribution < 1.29 is 19.5 Å². The van der Waals surface area contributed by atoms with Gasteiger partial charge < -0.3 is 5.11 Å². The number of hydrogen-bond donors (Lipinski definition) is 1. The van der Waals surface area contributed by atoms with E-state index in [9.17, 15) is 14.4 Å². The molecule has 0 aliphatic heterocycles. The monoisotopic (exact) mass is 184 g/mol. The van der Waals surface area contributed by atoms with Gasteiger partial charge in [-0.1, -0.05) is 0 Å². The first-order valence-corrected chi connectivity index (χ1v) is 3.52. The molecule has 6 nitrogen and oxygen atoms in total. The smallest absolute Gasteiger partial charge is 0.308 e. The molecule has 13 heavy (non-hydrogen) atoms. The van der Waals surface area contributed by atoms with Crippen LogP contribution in [0.15, 0.2) is 9.98 Å². The summed E-state index contributed by atoms with van der Waals surface area (Å²) in [5.41, 5.74) is 0. The Hall–Kier alpha value is -1.77. The summed E-state index contributed by atoms with van der Waals surface area (Å²) in [4.78, 5) is 36.1. The average Bonchev–Trinajstić information content (AvgIpc) is 2.10. The lowest BCUT2D eigenvalue weighted by atomic mass is 10.1. The summed E-state index contributed by atoms with van der Waals surface area (Å²) >= 11 is 0. The number of isocyanates is 2. The van der Waals surface area contributed by atoms with Crippen LogP contribution in [0.2, 0.25) is 0 Å². The molecule has 1 atom stereocenters. The van der Waals surface area contributed by atoms with Crippen LogP contribution in [0.25, 0.3) is 0 Å². The first-order chi connectivity index (χ1) is 6.22. The highest BCUT2D eigenvalue weighted by Crippen LogP contribution is 2.03. The molecular formula is C7H8N2O4. The molecule has 0 radical (unpaired) electrons. The molecule has 0 fully saturated rings. The van der Waals surface area contributed by atoms with Gasteiger partial charge in [0.05, 0.1) is 19.0 Å². The molecule has 70 valence electrons. The Morgan fingerprint density at radius 3 is 2.38 bits per heavy atom. The minimum atomic E-state index is -1.07. The third-order valence-corrected chi connectivity index (χ3v) is 1.38. The zero-order chi connectivity index (χ0) is 10.1. The normalized spacial score (nSPS) is 10.8. The van der Waals surface area contributed by atoms with E-state index in [-0.39, 0.29) is 19.5 Å². The van der Waals surface area contributed by atoms with Crippen molar-refractivity contribution in [1.29, 1.82) is 0 Å². The first kappa shape index (κ1) is 11.2.